The molecule has 4 heteroatoms. The van der Waals surface area contributed by atoms with E-state index < -0.39 is 0 Å². The molecule has 2 heterocycles. The van der Waals surface area contributed by atoms with Gasteiger partial charge in [-0.05, 0) is 50.3 Å². The zero-order valence-electron chi connectivity index (χ0n) is 13.9. The van der Waals surface area contributed by atoms with Crippen LogP contribution in [-0.4, -0.2) is 34.5 Å². The van der Waals surface area contributed by atoms with E-state index in [0.29, 0.717) is 24.5 Å². The van der Waals surface area contributed by atoms with Crippen molar-refractivity contribution in [2.24, 2.45) is 13.0 Å². The third kappa shape index (κ3) is 3.37. The van der Waals surface area contributed by atoms with Gasteiger partial charge in [-0.15, -0.1) is 0 Å². The summed E-state index contributed by atoms with van der Waals surface area (Å²) in [7, 11) is 2.09. The van der Waals surface area contributed by atoms with Gasteiger partial charge in [0.05, 0.1) is 12.6 Å². The second-order valence-corrected chi connectivity index (χ2v) is 7.11. The molecular formula is C18H29N3O. The number of carbonyl (C=O) groups is 1. The quantitative estimate of drug-likeness (QED) is 0.928. The van der Waals surface area contributed by atoms with Crippen LogP contribution in [0, 0.1) is 5.92 Å². The van der Waals surface area contributed by atoms with Gasteiger partial charge in [-0.2, -0.15) is 0 Å². The Bertz CT molecular complexity index is 510. The standard InChI is InChI=1S/C18H29N3O/c1-14-7-3-4-8-15(14)19-18(22)13-21-12-6-10-17(21)16-9-5-11-20(16)2/h5,9,11,14-15,17H,3-4,6-8,10,12-13H2,1-2H3,(H,19,22)/t14-,15+,17-/m1/s1. The van der Waals surface area contributed by atoms with Crippen molar-refractivity contribution in [3.63, 3.8) is 0 Å². The van der Waals surface area contributed by atoms with E-state index in [0.717, 1.165) is 19.4 Å². The highest BCUT2D eigenvalue weighted by atomic mass is 16.2. The van der Waals surface area contributed by atoms with Crippen LogP contribution in [0.15, 0.2) is 18.3 Å². The third-order valence-electron chi connectivity index (χ3n) is 5.49. The Balaban J connectivity index is 1.57. The minimum atomic E-state index is 0.208. The number of nitrogens with zero attached hydrogens (tertiary/aromatic N) is 2. The van der Waals surface area contributed by atoms with Crippen LogP contribution in [0.2, 0.25) is 0 Å². The molecule has 2 fully saturated rings. The maximum atomic E-state index is 12.5. The highest BCUT2D eigenvalue weighted by Crippen LogP contribution is 2.31. The molecule has 2 aliphatic rings. The molecular weight excluding hydrogens is 274 g/mol. The number of aryl methyl sites for hydroxylation is 1. The number of aromatic nitrogens is 1. The van der Waals surface area contributed by atoms with Crippen molar-refractivity contribution in [2.75, 3.05) is 13.1 Å². The summed E-state index contributed by atoms with van der Waals surface area (Å²) in [6, 6.07) is 5.06. The summed E-state index contributed by atoms with van der Waals surface area (Å²) in [5.74, 6) is 0.833. The lowest BCUT2D eigenvalue weighted by molar-refractivity contribution is -0.123. The monoisotopic (exact) mass is 303 g/mol. The molecule has 1 aromatic rings. The van der Waals surface area contributed by atoms with Gasteiger partial charge < -0.3 is 9.88 Å². The first-order valence-electron chi connectivity index (χ1n) is 8.80. The first kappa shape index (κ1) is 15.6. The molecule has 1 aromatic heterocycles. The number of carbonyl (C=O) groups excluding carboxylic acids is 1. The lowest BCUT2D eigenvalue weighted by Gasteiger charge is -2.31. The van der Waals surface area contributed by atoms with E-state index in [1.54, 1.807) is 0 Å². The van der Waals surface area contributed by atoms with Crippen LogP contribution in [0.25, 0.3) is 0 Å². The van der Waals surface area contributed by atoms with Crippen LogP contribution in [-0.2, 0) is 11.8 Å². The van der Waals surface area contributed by atoms with Gasteiger partial charge >= 0.3 is 0 Å². The van der Waals surface area contributed by atoms with Crippen molar-refractivity contribution >= 4 is 5.91 Å². The van der Waals surface area contributed by atoms with Crippen LogP contribution >= 0.6 is 0 Å². The maximum Gasteiger partial charge on any atom is 0.234 e. The van der Waals surface area contributed by atoms with Crippen molar-refractivity contribution < 1.29 is 4.79 Å². The van der Waals surface area contributed by atoms with Gasteiger partial charge in [0.15, 0.2) is 0 Å². The molecule has 0 unspecified atom stereocenters. The molecule has 1 aliphatic heterocycles. The molecule has 0 bridgehead atoms. The Morgan fingerprint density at radius 3 is 2.82 bits per heavy atom. The number of amides is 1. The molecule has 1 aliphatic carbocycles. The number of nitrogens with one attached hydrogen (secondary N) is 1. The van der Waals surface area contributed by atoms with Gasteiger partial charge in [0.2, 0.25) is 5.91 Å². The molecule has 3 rings (SSSR count). The number of likely N-dealkylation sites (tertiary alicyclic amines) is 1. The molecule has 4 nitrogen and oxygen atoms in total. The maximum absolute atomic E-state index is 12.5. The summed E-state index contributed by atoms with van der Waals surface area (Å²) in [5.41, 5.74) is 1.33. The number of hydrogen-bond donors (Lipinski definition) is 1. The molecule has 1 N–H and O–H groups in total. The van der Waals surface area contributed by atoms with E-state index in [2.05, 4.69) is 47.1 Å². The average Bonchev–Trinajstić information content (AvgIpc) is 3.10. The molecule has 22 heavy (non-hydrogen) atoms. The predicted molar refractivity (Wildman–Crippen MR) is 88.5 cm³/mol. The van der Waals surface area contributed by atoms with Crippen molar-refractivity contribution in [1.82, 2.24) is 14.8 Å². The zero-order valence-corrected chi connectivity index (χ0v) is 13.9. The van der Waals surface area contributed by atoms with Gasteiger partial charge in [0.1, 0.15) is 0 Å². The summed E-state index contributed by atoms with van der Waals surface area (Å²) in [5, 5.41) is 3.29. The predicted octanol–water partition coefficient (Wildman–Crippen LogP) is 2.86. The van der Waals surface area contributed by atoms with Crippen molar-refractivity contribution in [3.05, 3.63) is 24.0 Å². The Kier molecular flexibility index (Phi) is 4.87. The van der Waals surface area contributed by atoms with Gasteiger partial charge in [-0.25, -0.2) is 0 Å². The second-order valence-electron chi connectivity index (χ2n) is 7.11. The van der Waals surface area contributed by atoms with E-state index >= 15 is 0 Å². The zero-order chi connectivity index (χ0) is 15.5. The smallest absolute Gasteiger partial charge is 0.234 e. The van der Waals surface area contributed by atoms with Crippen LogP contribution in [0.1, 0.15) is 57.2 Å². The molecule has 0 spiro atoms. The fraction of sp³-hybridized carbons (Fsp3) is 0.722. The van der Waals surface area contributed by atoms with E-state index in [4.69, 9.17) is 0 Å². The van der Waals surface area contributed by atoms with Gasteiger partial charge in [0.25, 0.3) is 0 Å². The molecule has 3 atom stereocenters. The van der Waals surface area contributed by atoms with Crippen LogP contribution in [0.4, 0.5) is 0 Å². The molecule has 0 radical (unpaired) electrons. The minimum Gasteiger partial charge on any atom is -0.353 e. The number of hydrogen-bond acceptors (Lipinski definition) is 2. The van der Waals surface area contributed by atoms with Gasteiger partial charge in [-0.3, -0.25) is 9.69 Å². The molecule has 1 saturated heterocycles. The second kappa shape index (κ2) is 6.86. The van der Waals surface area contributed by atoms with Crippen LogP contribution in [0.5, 0.6) is 0 Å². The largest absolute Gasteiger partial charge is 0.353 e. The number of rotatable bonds is 4. The lowest BCUT2D eigenvalue weighted by atomic mass is 9.86. The molecule has 1 amide bonds. The van der Waals surface area contributed by atoms with Crippen LogP contribution in [0.3, 0.4) is 0 Å². The van der Waals surface area contributed by atoms with E-state index in [9.17, 15) is 4.79 Å². The van der Waals surface area contributed by atoms with Gasteiger partial charge in [-0.1, -0.05) is 19.8 Å². The highest BCUT2D eigenvalue weighted by Gasteiger charge is 2.30. The van der Waals surface area contributed by atoms with E-state index in [1.165, 1.54) is 31.4 Å². The van der Waals surface area contributed by atoms with Crippen molar-refractivity contribution in [3.8, 4) is 0 Å². The Labute approximate surface area is 133 Å². The Morgan fingerprint density at radius 1 is 1.27 bits per heavy atom. The summed E-state index contributed by atoms with van der Waals surface area (Å²) < 4.78 is 2.18. The minimum absolute atomic E-state index is 0.208. The normalized spacial score (nSPS) is 29.6. The third-order valence-corrected chi connectivity index (χ3v) is 5.49. The van der Waals surface area contributed by atoms with Crippen molar-refractivity contribution in [1.29, 1.82) is 0 Å². The van der Waals surface area contributed by atoms with Gasteiger partial charge in [0, 0.05) is 25.0 Å². The molecule has 122 valence electrons. The van der Waals surface area contributed by atoms with E-state index in [-0.39, 0.29) is 5.91 Å². The first-order valence-corrected chi connectivity index (χ1v) is 8.80. The van der Waals surface area contributed by atoms with Crippen molar-refractivity contribution in [2.45, 2.75) is 57.5 Å². The lowest BCUT2D eigenvalue weighted by Crippen LogP contribution is -2.45. The SMILES string of the molecule is C[C@@H]1CCCC[C@@H]1NC(=O)CN1CCC[C@@H]1c1cccn1C. The fourth-order valence-electron chi connectivity index (χ4n) is 4.14. The summed E-state index contributed by atoms with van der Waals surface area (Å²) in [6.07, 6.45) is 9.40. The average molecular weight is 303 g/mol. The first-order chi connectivity index (χ1) is 10.6. The van der Waals surface area contributed by atoms with E-state index in [1.807, 2.05) is 0 Å². The molecule has 1 saturated carbocycles. The topological polar surface area (TPSA) is 37.3 Å². The summed E-state index contributed by atoms with van der Waals surface area (Å²) >= 11 is 0. The summed E-state index contributed by atoms with van der Waals surface area (Å²) in [6.45, 7) is 3.84. The Hall–Kier alpha value is -1.29. The fourth-order valence-corrected chi connectivity index (χ4v) is 4.14. The van der Waals surface area contributed by atoms with Crippen LogP contribution < -0.4 is 5.32 Å². The molecule has 0 aromatic carbocycles. The summed E-state index contributed by atoms with van der Waals surface area (Å²) in [4.78, 5) is 14.8. The Morgan fingerprint density at radius 2 is 2.09 bits per heavy atom. The highest BCUT2D eigenvalue weighted by molar-refractivity contribution is 5.78.